The number of rotatable bonds is 3. The highest BCUT2D eigenvalue weighted by atomic mass is 16.3. The van der Waals surface area contributed by atoms with E-state index in [-0.39, 0.29) is 5.60 Å². The van der Waals surface area contributed by atoms with Gasteiger partial charge in [-0.2, -0.15) is 0 Å². The van der Waals surface area contributed by atoms with Crippen molar-refractivity contribution in [1.29, 1.82) is 0 Å². The van der Waals surface area contributed by atoms with E-state index in [2.05, 4.69) is 13.8 Å². The number of hydrogen-bond acceptors (Lipinski definition) is 1. The van der Waals surface area contributed by atoms with E-state index in [4.69, 9.17) is 0 Å². The quantitative estimate of drug-likeness (QED) is 0.711. The Morgan fingerprint density at radius 2 is 1.85 bits per heavy atom. The van der Waals surface area contributed by atoms with Crippen LogP contribution in [0.15, 0.2) is 0 Å². The highest BCUT2D eigenvalue weighted by Gasteiger charge is 2.63. The van der Waals surface area contributed by atoms with E-state index in [1.54, 1.807) is 0 Å². The Hall–Kier alpha value is -0.0400. The maximum atomic E-state index is 10.4. The number of fused-ring (bicyclic) bond motifs is 1. The average Bonchev–Trinajstić information content (AvgIpc) is 2.73. The molecule has 2 rings (SSSR count). The van der Waals surface area contributed by atoms with Gasteiger partial charge in [0.25, 0.3) is 0 Å². The van der Waals surface area contributed by atoms with Crippen LogP contribution in [-0.2, 0) is 0 Å². The largest absolute Gasteiger partial charge is 0.389 e. The van der Waals surface area contributed by atoms with E-state index < -0.39 is 0 Å². The molecule has 1 nitrogen and oxygen atoms in total. The Balaban J connectivity index is 1.91. The first kappa shape index (κ1) is 9.51. The maximum Gasteiger partial charge on any atom is 0.0713 e. The van der Waals surface area contributed by atoms with Gasteiger partial charge in [-0.3, -0.25) is 0 Å². The summed E-state index contributed by atoms with van der Waals surface area (Å²) >= 11 is 0. The van der Waals surface area contributed by atoms with Gasteiger partial charge >= 0.3 is 0 Å². The van der Waals surface area contributed by atoms with Crippen molar-refractivity contribution in [2.45, 2.75) is 58.0 Å². The van der Waals surface area contributed by atoms with E-state index in [1.807, 2.05) is 0 Å². The minimum absolute atomic E-state index is 0.230. The SMILES string of the molecule is CCC(C)CC1(O)C2CCCCC21. The monoisotopic (exact) mass is 182 g/mol. The molecule has 0 spiro atoms. The van der Waals surface area contributed by atoms with Crippen LogP contribution in [0.1, 0.15) is 52.4 Å². The maximum absolute atomic E-state index is 10.4. The molecule has 2 saturated carbocycles. The van der Waals surface area contributed by atoms with Gasteiger partial charge in [-0.1, -0.05) is 33.1 Å². The lowest BCUT2D eigenvalue weighted by molar-refractivity contribution is 0.0905. The van der Waals surface area contributed by atoms with Gasteiger partial charge in [0, 0.05) is 0 Å². The Labute approximate surface area is 81.5 Å². The Kier molecular flexibility index (Phi) is 2.39. The molecule has 0 saturated heterocycles. The summed E-state index contributed by atoms with van der Waals surface area (Å²) in [6.07, 6.45) is 7.55. The number of hydrogen-bond donors (Lipinski definition) is 1. The van der Waals surface area contributed by atoms with Gasteiger partial charge in [0.15, 0.2) is 0 Å². The predicted molar refractivity (Wildman–Crippen MR) is 54.5 cm³/mol. The third kappa shape index (κ3) is 1.52. The minimum Gasteiger partial charge on any atom is -0.389 e. The van der Waals surface area contributed by atoms with Crippen molar-refractivity contribution in [3.63, 3.8) is 0 Å². The fourth-order valence-electron chi connectivity index (χ4n) is 3.22. The summed E-state index contributed by atoms with van der Waals surface area (Å²) in [6.45, 7) is 4.49. The molecule has 2 aliphatic carbocycles. The first-order valence-electron chi connectivity index (χ1n) is 5.91. The van der Waals surface area contributed by atoms with Gasteiger partial charge in [-0.15, -0.1) is 0 Å². The van der Waals surface area contributed by atoms with E-state index in [1.165, 1.54) is 32.1 Å². The molecule has 0 aromatic carbocycles. The molecular formula is C12H22O. The minimum atomic E-state index is -0.230. The summed E-state index contributed by atoms with van der Waals surface area (Å²) in [6, 6.07) is 0. The summed E-state index contributed by atoms with van der Waals surface area (Å²) in [7, 11) is 0. The van der Waals surface area contributed by atoms with Gasteiger partial charge < -0.3 is 5.11 Å². The summed E-state index contributed by atoms with van der Waals surface area (Å²) in [5, 5.41) is 10.4. The molecule has 3 atom stereocenters. The molecule has 3 unspecified atom stereocenters. The molecule has 0 aliphatic heterocycles. The molecule has 0 aromatic heterocycles. The lowest BCUT2D eigenvalue weighted by Crippen LogP contribution is -2.16. The van der Waals surface area contributed by atoms with Crippen molar-refractivity contribution in [1.82, 2.24) is 0 Å². The number of aliphatic hydroxyl groups is 1. The van der Waals surface area contributed by atoms with E-state index in [0.717, 1.165) is 6.42 Å². The van der Waals surface area contributed by atoms with Crippen LogP contribution in [0.25, 0.3) is 0 Å². The van der Waals surface area contributed by atoms with E-state index in [9.17, 15) is 5.11 Å². The molecule has 0 bridgehead atoms. The molecule has 0 aromatic rings. The van der Waals surface area contributed by atoms with Crippen molar-refractivity contribution in [2.24, 2.45) is 17.8 Å². The molecule has 76 valence electrons. The summed E-state index contributed by atoms with van der Waals surface area (Å²) < 4.78 is 0. The Morgan fingerprint density at radius 1 is 1.31 bits per heavy atom. The molecule has 0 radical (unpaired) electrons. The van der Waals surface area contributed by atoms with E-state index in [0.29, 0.717) is 17.8 Å². The first-order chi connectivity index (χ1) is 6.18. The normalized spacial score (nSPS) is 45.5. The Morgan fingerprint density at radius 3 is 2.31 bits per heavy atom. The fourth-order valence-corrected chi connectivity index (χ4v) is 3.22. The molecule has 0 amide bonds. The first-order valence-corrected chi connectivity index (χ1v) is 5.91. The molecule has 0 heterocycles. The van der Waals surface area contributed by atoms with Crippen molar-refractivity contribution in [3.05, 3.63) is 0 Å². The van der Waals surface area contributed by atoms with Crippen LogP contribution in [0, 0.1) is 17.8 Å². The lowest BCUT2D eigenvalue weighted by atomic mass is 9.97. The zero-order valence-corrected chi connectivity index (χ0v) is 8.92. The standard InChI is InChI=1S/C12H22O/c1-3-9(2)8-12(13)10-6-4-5-7-11(10)12/h9-11,13H,3-8H2,1-2H3. The highest BCUT2D eigenvalue weighted by Crippen LogP contribution is 2.61. The van der Waals surface area contributed by atoms with Gasteiger partial charge in [-0.05, 0) is 37.0 Å². The van der Waals surface area contributed by atoms with Crippen LogP contribution in [0.4, 0.5) is 0 Å². The molecule has 2 aliphatic rings. The zero-order valence-electron chi connectivity index (χ0n) is 8.92. The zero-order chi connectivity index (χ0) is 9.47. The summed E-state index contributed by atoms with van der Waals surface area (Å²) in [4.78, 5) is 0. The van der Waals surface area contributed by atoms with Crippen LogP contribution >= 0.6 is 0 Å². The second kappa shape index (κ2) is 3.27. The third-order valence-corrected chi connectivity index (χ3v) is 4.31. The van der Waals surface area contributed by atoms with Gasteiger partial charge in [-0.25, -0.2) is 0 Å². The molecule has 2 fully saturated rings. The topological polar surface area (TPSA) is 20.2 Å². The molecular weight excluding hydrogens is 160 g/mol. The Bertz CT molecular complexity index is 176. The van der Waals surface area contributed by atoms with Gasteiger partial charge in [0.2, 0.25) is 0 Å². The van der Waals surface area contributed by atoms with Crippen LogP contribution < -0.4 is 0 Å². The highest BCUT2D eigenvalue weighted by molar-refractivity contribution is 5.13. The molecule has 1 N–H and O–H groups in total. The predicted octanol–water partition coefficient (Wildman–Crippen LogP) is 2.97. The van der Waals surface area contributed by atoms with Crippen LogP contribution in [0.2, 0.25) is 0 Å². The van der Waals surface area contributed by atoms with Crippen molar-refractivity contribution in [2.75, 3.05) is 0 Å². The van der Waals surface area contributed by atoms with Crippen molar-refractivity contribution >= 4 is 0 Å². The van der Waals surface area contributed by atoms with Crippen LogP contribution in [-0.4, -0.2) is 10.7 Å². The second-order valence-corrected chi connectivity index (χ2v) is 5.21. The van der Waals surface area contributed by atoms with Crippen molar-refractivity contribution < 1.29 is 5.11 Å². The smallest absolute Gasteiger partial charge is 0.0713 e. The third-order valence-electron chi connectivity index (χ3n) is 4.31. The second-order valence-electron chi connectivity index (χ2n) is 5.21. The van der Waals surface area contributed by atoms with Crippen LogP contribution in [0.5, 0.6) is 0 Å². The molecule has 13 heavy (non-hydrogen) atoms. The summed E-state index contributed by atoms with van der Waals surface area (Å²) in [5.74, 6) is 2.06. The van der Waals surface area contributed by atoms with Gasteiger partial charge in [0.1, 0.15) is 0 Å². The summed E-state index contributed by atoms with van der Waals surface area (Å²) in [5.41, 5.74) is -0.230. The lowest BCUT2D eigenvalue weighted by Gasteiger charge is -2.15. The molecule has 1 heteroatoms. The average molecular weight is 182 g/mol. The fraction of sp³-hybridized carbons (Fsp3) is 1.00. The van der Waals surface area contributed by atoms with Gasteiger partial charge in [0.05, 0.1) is 5.60 Å². The van der Waals surface area contributed by atoms with Crippen molar-refractivity contribution in [3.8, 4) is 0 Å². The van der Waals surface area contributed by atoms with Crippen LogP contribution in [0.3, 0.4) is 0 Å². The van der Waals surface area contributed by atoms with E-state index >= 15 is 0 Å².